The lowest BCUT2D eigenvalue weighted by molar-refractivity contribution is 0.226. The molecule has 1 aromatic carbocycles. The van der Waals surface area contributed by atoms with Crippen molar-refractivity contribution in [3.8, 4) is 0 Å². The van der Waals surface area contributed by atoms with Crippen molar-refractivity contribution < 1.29 is 0 Å². The summed E-state index contributed by atoms with van der Waals surface area (Å²) in [4.78, 5) is 12.7. The van der Waals surface area contributed by atoms with E-state index in [2.05, 4.69) is 30.8 Å². The van der Waals surface area contributed by atoms with Gasteiger partial charge >= 0.3 is 0 Å². The van der Waals surface area contributed by atoms with Crippen molar-refractivity contribution >= 4 is 45.1 Å². The Morgan fingerprint density at radius 2 is 1.80 bits per heavy atom. The fourth-order valence-electron chi connectivity index (χ4n) is 4.02. The van der Waals surface area contributed by atoms with Crippen LogP contribution in [0.25, 0.3) is 0 Å². The van der Waals surface area contributed by atoms with E-state index in [1.165, 1.54) is 38.5 Å². The Labute approximate surface area is 166 Å². The number of aromatic nitrogens is 2. The lowest BCUT2D eigenvalue weighted by Crippen LogP contribution is -2.39. The SMILES string of the molecule is Clc1cc(Sc2cnc(N3CCC4(CCCC4)CC3)cn2)ccc1Br. The van der Waals surface area contributed by atoms with Gasteiger partial charge in [-0.15, -0.1) is 0 Å². The van der Waals surface area contributed by atoms with Crippen LogP contribution >= 0.6 is 39.3 Å². The van der Waals surface area contributed by atoms with Gasteiger partial charge in [-0.25, -0.2) is 9.97 Å². The third-order valence-electron chi connectivity index (χ3n) is 5.54. The molecule has 1 aromatic heterocycles. The molecule has 0 atom stereocenters. The van der Waals surface area contributed by atoms with E-state index < -0.39 is 0 Å². The van der Waals surface area contributed by atoms with Crippen LogP contribution in [0.1, 0.15) is 38.5 Å². The second-order valence-corrected chi connectivity index (χ2v) is 9.44. The number of piperidine rings is 1. The first-order valence-electron chi connectivity index (χ1n) is 8.84. The summed E-state index contributed by atoms with van der Waals surface area (Å²) in [6.45, 7) is 2.23. The minimum atomic E-state index is 0.639. The van der Waals surface area contributed by atoms with Crippen LogP contribution < -0.4 is 4.90 Å². The van der Waals surface area contributed by atoms with Gasteiger partial charge in [-0.3, -0.25) is 0 Å². The molecule has 0 radical (unpaired) electrons. The molecule has 2 aromatic rings. The molecule has 6 heteroatoms. The molecule has 4 rings (SSSR count). The number of anilines is 1. The first kappa shape index (κ1) is 17.6. The molecule has 1 spiro atoms. The first-order chi connectivity index (χ1) is 12.1. The van der Waals surface area contributed by atoms with Gasteiger partial charge in [0.25, 0.3) is 0 Å². The van der Waals surface area contributed by atoms with E-state index in [0.29, 0.717) is 10.4 Å². The van der Waals surface area contributed by atoms with E-state index in [1.54, 1.807) is 11.8 Å². The number of benzene rings is 1. The Bertz CT molecular complexity index is 737. The predicted molar refractivity (Wildman–Crippen MR) is 108 cm³/mol. The lowest BCUT2D eigenvalue weighted by atomic mass is 9.77. The van der Waals surface area contributed by atoms with Crippen molar-refractivity contribution in [2.45, 2.75) is 48.4 Å². The summed E-state index contributed by atoms with van der Waals surface area (Å²) in [5.41, 5.74) is 0.639. The minimum Gasteiger partial charge on any atom is -0.355 e. The molecule has 0 unspecified atom stereocenters. The van der Waals surface area contributed by atoms with E-state index in [0.717, 1.165) is 33.3 Å². The molecule has 0 bridgehead atoms. The minimum absolute atomic E-state index is 0.639. The summed E-state index contributed by atoms with van der Waals surface area (Å²) in [7, 11) is 0. The molecule has 25 heavy (non-hydrogen) atoms. The van der Waals surface area contributed by atoms with Crippen LogP contribution in [-0.2, 0) is 0 Å². The molecule has 2 fully saturated rings. The van der Waals surface area contributed by atoms with Gasteiger partial charge in [-0.2, -0.15) is 0 Å². The molecule has 0 N–H and O–H groups in total. The maximum Gasteiger partial charge on any atom is 0.147 e. The van der Waals surface area contributed by atoms with Crippen molar-refractivity contribution in [3.63, 3.8) is 0 Å². The number of hydrogen-bond acceptors (Lipinski definition) is 4. The van der Waals surface area contributed by atoms with Gasteiger partial charge in [0.05, 0.1) is 17.4 Å². The van der Waals surface area contributed by atoms with Crippen molar-refractivity contribution in [1.29, 1.82) is 0 Å². The normalized spacial score (nSPS) is 19.5. The van der Waals surface area contributed by atoms with E-state index in [1.807, 2.05) is 30.6 Å². The Kier molecular flexibility index (Phi) is 5.25. The zero-order valence-electron chi connectivity index (χ0n) is 14.0. The Morgan fingerprint density at radius 3 is 2.44 bits per heavy atom. The summed E-state index contributed by atoms with van der Waals surface area (Å²) in [6.07, 6.45) is 12.1. The highest BCUT2D eigenvalue weighted by Gasteiger charge is 2.37. The monoisotopic (exact) mass is 437 g/mol. The summed E-state index contributed by atoms with van der Waals surface area (Å²) < 4.78 is 0.907. The van der Waals surface area contributed by atoms with E-state index in [9.17, 15) is 0 Å². The second-order valence-electron chi connectivity index (χ2n) is 7.08. The van der Waals surface area contributed by atoms with Crippen LogP contribution in [0.2, 0.25) is 5.02 Å². The lowest BCUT2D eigenvalue weighted by Gasteiger charge is -2.39. The van der Waals surface area contributed by atoms with Gasteiger partial charge in [0.15, 0.2) is 0 Å². The topological polar surface area (TPSA) is 29.0 Å². The average molecular weight is 439 g/mol. The fourth-order valence-corrected chi connectivity index (χ4v) is 5.28. The zero-order chi connectivity index (χ0) is 17.3. The maximum absolute atomic E-state index is 6.16. The van der Waals surface area contributed by atoms with Crippen LogP contribution in [0.15, 0.2) is 45.0 Å². The molecule has 2 aliphatic rings. The quantitative estimate of drug-likeness (QED) is 0.570. The summed E-state index contributed by atoms with van der Waals surface area (Å²) >= 11 is 11.2. The highest BCUT2D eigenvalue weighted by atomic mass is 79.9. The third-order valence-corrected chi connectivity index (χ3v) is 7.68. The van der Waals surface area contributed by atoms with Crippen LogP contribution in [0.5, 0.6) is 0 Å². The maximum atomic E-state index is 6.16. The van der Waals surface area contributed by atoms with Gasteiger partial charge in [-0.05, 0) is 65.2 Å². The van der Waals surface area contributed by atoms with Gasteiger partial charge in [0.1, 0.15) is 10.8 Å². The van der Waals surface area contributed by atoms with Crippen LogP contribution in [0.4, 0.5) is 5.82 Å². The van der Waals surface area contributed by atoms with Crippen molar-refractivity contribution in [2.75, 3.05) is 18.0 Å². The summed E-state index contributed by atoms with van der Waals surface area (Å²) in [5.74, 6) is 1.01. The average Bonchev–Trinajstić information content (AvgIpc) is 3.08. The van der Waals surface area contributed by atoms with E-state index in [4.69, 9.17) is 11.6 Å². The standard InChI is InChI=1S/C19H21BrClN3S/c20-15-4-3-14(11-16(15)21)25-18-13-22-17(12-23-18)24-9-7-19(8-10-24)5-1-2-6-19/h3-4,11-13H,1-2,5-10H2. The van der Waals surface area contributed by atoms with Crippen LogP contribution in [0.3, 0.4) is 0 Å². The molecule has 1 saturated carbocycles. The summed E-state index contributed by atoms with van der Waals surface area (Å²) in [5, 5.41) is 1.61. The van der Waals surface area contributed by atoms with Gasteiger partial charge in [0.2, 0.25) is 0 Å². The molecular weight excluding hydrogens is 418 g/mol. The van der Waals surface area contributed by atoms with Gasteiger partial charge in [0, 0.05) is 22.5 Å². The molecular formula is C19H21BrClN3S. The van der Waals surface area contributed by atoms with E-state index in [-0.39, 0.29) is 0 Å². The first-order valence-corrected chi connectivity index (χ1v) is 10.8. The van der Waals surface area contributed by atoms with Gasteiger partial charge < -0.3 is 4.90 Å². The molecule has 132 valence electrons. The molecule has 2 heterocycles. The molecule has 1 saturated heterocycles. The second kappa shape index (κ2) is 7.45. The third kappa shape index (κ3) is 3.99. The van der Waals surface area contributed by atoms with Crippen molar-refractivity contribution in [2.24, 2.45) is 5.41 Å². The zero-order valence-corrected chi connectivity index (χ0v) is 17.2. The molecule has 3 nitrogen and oxygen atoms in total. The van der Waals surface area contributed by atoms with Crippen LogP contribution in [0, 0.1) is 5.41 Å². The molecule has 0 amide bonds. The van der Waals surface area contributed by atoms with Crippen molar-refractivity contribution in [3.05, 3.63) is 40.1 Å². The summed E-state index contributed by atoms with van der Waals surface area (Å²) in [6, 6.07) is 5.93. The highest BCUT2D eigenvalue weighted by Crippen LogP contribution is 2.46. The largest absolute Gasteiger partial charge is 0.355 e. The Balaban J connectivity index is 1.39. The number of nitrogens with zero attached hydrogens (tertiary/aromatic N) is 3. The van der Waals surface area contributed by atoms with E-state index >= 15 is 0 Å². The highest BCUT2D eigenvalue weighted by molar-refractivity contribution is 9.10. The Hall–Kier alpha value is -0.780. The number of hydrogen-bond donors (Lipinski definition) is 0. The fraction of sp³-hybridized carbons (Fsp3) is 0.474. The Morgan fingerprint density at radius 1 is 1.04 bits per heavy atom. The van der Waals surface area contributed by atoms with Crippen molar-refractivity contribution in [1.82, 2.24) is 9.97 Å². The molecule has 1 aliphatic carbocycles. The number of rotatable bonds is 3. The number of halogens is 2. The van der Waals surface area contributed by atoms with Crippen LogP contribution in [-0.4, -0.2) is 23.1 Å². The van der Waals surface area contributed by atoms with Gasteiger partial charge in [-0.1, -0.05) is 36.2 Å². The smallest absolute Gasteiger partial charge is 0.147 e. The molecule has 1 aliphatic heterocycles. The predicted octanol–water partition coefficient (Wildman–Crippen LogP) is 6.20.